The van der Waals surface area contributed by atoms with Gasteiger partial charge in [-0.3, -0.25) is 4.79 Å². The van der Waals surface area contributed by atoms with Gasteiger partial charge in [0, 0.05) is 24.9 Å². The Balaban J connectivity index is 1.80. The third-order valence-electron chi connectivity index (χ3n) is 5.19. The maximum Gasteiger partial charge on any atom is 0.251 e. The molecule has 1 atom stereocenters. The van der Waals surface area contributed by atoms with E-state index in [1.165, 1.54) is 22.5 Å². The lowest BCUT2D eigenvalue weighted by Crippen LogP contribution is -2.41. The molecule has 31 heavy (non-hydrogen) atoms. The van der Waals surface area contributed by atoms with Crippen LogP contribution in [0.3, 0.4) is 0 Å². The molecule has 1 fully saturated rings. The molecule has 0 radical (unpaired) electrons. The lowest BCUT2D eigenvalue weighted by molar-refractivity contribution is 0.0730. The van der Waals surface area contributed by atoms with Crippen LogP contribution in [-0.2, 0) is 24.6 Å². The fourth-order valence-electron chi connectivity index (χ4n) is 3.31. The number of benzene rings is 2. The van der Waals surface area contributed by atoms with Crippen molar-refractivity contribution in [1.82, 2.24) is 9.62 Å². The Bertz CT molecular complexity index is 1170. The molecular weight excluding hydrogens is 440 g/mol. The van der Waals surface area contributed by atoms with E-state index in [9.17, 15) is 21.6 Å². The third-order valence-corrected chi connectivity index (χ3v) is 8.36. The molecule has 1 aliphatic rings. The standard InChI is InChI=1S/C21H26N2O6S2/c1-15-4-5-18(14-20(15)31(27,28)23-10-12-29-13-11-23)21(24)22-16(2)17-6-8-19(9-7-17)30(3,25)26/h4-9,14,16H,10-13H2,1-3H3,(H,22,24)/t16-/m1/s1. The molecule has 1 N–H and O–H groups in total. The second-order valence-corrected chi connectivity index (χ2v) is 11.5. The van der Waals surface area contributed by atoms with Crippen molar-refractivity contribution in [2.75, 3.05) is 32.6 Å². The molecule has 0 aromatic heterocycles. The van der Waals surface area contributed by atoms with E-state index in [2.05, 4.69) is 5.32 Å². The van der Waals surface area contributed by atoms with E-state index in [0.717, 1.165) is 11.8 Å². The van der Waals surface area contributed by atoms with Crippen molar-refractivity contribution in [2.24, 2.45) is 0 Å². The first-order valence-electron chi connectivity index (χ1n) is 9.79. The number of hydrogen-bond acceptors (Lipinski definition) is 6. The van der Waals surface area contributed by atoms with Gasteiger partial charge in [0.15, 0.2) is 9.84 Å². The maximum atomic E-state index is 13.0. The summed E-state index contributed by atoms with van der Waals surface area (Å²) >= 11 is 0. The number of carbonyl (C=O) groups excluding carboxylic acids is 1. The van der Waals surface area contributed by atoms with Gasteiger partial charge in [-0.1, -0.05) is 18.2 Å². The Labute approximate surface area is 183 Å². The van der Waals surface area contributed by atoms with Gasteiger partial charge in [0.2, 0.25) is 10.0 Å². The van der Waals surface area contributed by atoms with E-state index in [4.69, 9.17) is 4.74 Å². The summed E-state index contributed by atoms with van der Waals surface area (Å²) in [6.45, 7) is 4.70. The molecule has 1 aliphatic heterocycles. The van der Waals surface area contributed by atoms with Gasteiger partial charge in [0.25, 0.3) is 5.91 Å². The van der Waals surface area contributed by atoms with E-state index < -0.39 is 31.8 Å². The van der Waals surface area contributed by atoms with Crippen molar-refractivity contribution in [3.8, 4) is 0 Å². The van der Waals surface area contributed by atoms with Gasteiger partial charge in [0.05, 0.1) is 29.0 Å². The van der Waals surface area contributed by atoms with Gasteiger partial charge in [-0.2, -0.15) is 4.31 Å². The largest absolute Gasteiger partial charge is 0.379 e. The predicted molar refractivity (Wildman–Crippen MR) is 116 cm³/mol. The fraction of sp³-hybridized carbons (Fsp3) is 0.381. The van der Waals surface area contributed by atoms with E-state index >= 15 is 0 Å². The van der Waals surface area contributed by atoms with E-state index in [1.54, 1.807) is 38.1 Å². The van der Waals surface area contributed by atoms with Crippen LogP contribution in [0, 0.1) is 6.92 Å². The predicted octanol–water partition coefficient (Wildman–Crippen LogP) is 1.91. The minimum Gasteiger partial charge on any atom is -0.379 e. The number of hydrogen-bond donors (Lipinski definition) is 1. The van der Waals surface area contributed by atoms with Crippen molar-refractivity contribution in [2.45, 2.75) is 29.7 Å². The summed E-state index contributed by atoms with van der Waals surface area (Å²) in [5, 5.41) is 2.83. The molecule has 3 rings (SSSR count). The molecule has 1 amide bonds. The number of amides is 1. The number of morpholine rings is 1. The Kier molecular flexibility index (Phi) is 6.85. The SMILES string of the molecule is Cc1ccc(C(=O)N[C@H](C)c2ccc(S(C)(=O)=O)cc2)cc1S(=O)(=O)N1CCOCC1. The summed E-state index contributed by atoms with van der Waals surface area (Å²) in [6.07, 6.45) is 1.13. The zero-order valence-electron chi connectivity index (χ0n) is 17.7. The Hall–Kier alpha value is -2.27. The van der Waals surface area contributed by atoms with Crippen molar-refractivity contribution in [3.63, 3.8) is 0 Å². The summed E-state index contributed by atoms with van der Waals surface area (Å²) in [4.78, 5) is 13.1. The van der Waals surface area contributed by atoms with Crippen LogP contribution in [0.5, 0.6) is 0 Å². The third kappa shape index (κ3) is 5.32. The van der Waals surface area contributed by atoms with Gasteiger partial charge >= 0.3 is 0 Å². The van der Waals surface area contributed by atoms with Crippen LogP contribution in [0.1, 0.15) is 34.5 Å². The molecule has 0 aliphatic carbocycles. The molecule has 0 saturated carbocycles. The minimum atomic E-state index is -3.73. The lowest BCUT2D eigenvalue weighted by Gasteiger charge is -2.26. The average Bonchev–Trinajstić information content (AvgIpc) is 2.74. The fourth-order valence-corrected chi connectivity index (χ4v) is 5.60. The number of sulfone groups is 1. The van der Waals surface area contributed by atoms with E-state index in [1.807, 2.05) is 0 Å². The summed E-state index contributed by atoms with van der Waals surface area (Å²) < 4.78 is 55.9. The molecule has 1 saturated heterocycles. The molecule has 168 valence electrons. The first-order valence-corrected chi connectivity index (χ1v) is 13.1. The first kappa shape index (κ1) is 23.4. The Morgan fingerprint density at radius 2 is 1.65 bits per heavy atom. The van der Waals surface area contributed by atoms with Crippen molar-refractivity contribution >= 4 is 25.8 Å². The topological polar surface area (TPSA) is 110 Å². The molecule has 10 heteroatoms. The first-order chi connectivity index (χ1) is 14.5. The minimum absolute atomic E-state index is 0.104. The van der Waals surface area contributed by atoms with Gasteiger partial charge in [-0.15, -0.1) is 0 Å². The van der Waals surface area contributed by atoms with Gasteiger partial charge in [-0.25, -0.2) is 16.8 Å². The summed E-state index contributed by atoms with van der Waals surface area (Å²) in [6, 6.07) is 10.5. The van der Waals surface area contributed by atoms with Crippen LogP contribution < -0.4 is 5.32 Å². The second-order valence-electron chi connectivity index (χ2n) is 7.53. The Morgan fingerprint density at radius 1 is 1.03 bits per heavy atom. The van der Waals surface area contributed by atoms with Crippen LogP contribution >= 0.6 is 0 Å². The summed E-state index contributed by atoms with van der Waals surface area (Å²) in [7, 11) is -7.03. The van der Waals surface area contributed by atoms with Crippen LogP contribution in [0.15, 0.2) is 52.3 Å². The molecule has 0 bridgehead atoms. The highest BCUT2D eigenvalue weighted by atomic mass is 32.2. The molecule has 2 aromatic carbocycles. The molecular formula is C21H26N2O6S2. The smallest absolute Gasteiger partial charge is 0.251 e. The number of aryl methyl sites for hydroxylation is 1. The number of nitrogens with zero attached hydrogens (tertiary/aromatic N) is 1. The van der Waals surface area contributed by atoms with Crippen LogP contribution in [0.25, 0.3) is 0 Å². The van der Waals surface area contributed by atoms with Crippen LogP contribution in [0.4, 0.5) is 0 Å². The number of nitrogens with one attached hydrogen (secondary N) is 1. The highest BCUT2D eigenvalue weighted by Gasteiger charge is 2.28. The maximum absolute atomic E-state index is 13.0. The molecule has 8 nitrogen and oxygen atoms in total. The number of rotatable bonds is 6. The quantitative estimate of drug-likeness (QED) is 0.696. The average molecular weight is 467 g/mol. The summed E-state index contributed by atoms with van der Waals surface area (Å²) in [5.41, 5.74) is 1.53. The number of sulfonamides is 1. The Morgan fingerprint density at radius 3 is 2.23 bits per heavy atom. The van der Waals surface area contributed by atoms with Crippen molar-refractivity contribution in [1.29, 1.82) is 0 Å². The molecule has 0 spiro atoms. The zero-order chi connectivity index (χ0) is 22.8. The molecule has 1 heterocycles. The van der Waals surface area contributed by atoms with Crippen molar-refractivity contribution < 1.29 is 26.4 Å². The lowest BCUT2D eigenvalue weighted by atomic mass is 10.1. The van der Waals surface area contributed by atoms with Gasteiger partial charge < -0.3 is 10.1 Å². The molecule has 0 unspecified atom stereocenters. The number of carbonyl (C=O) groups is 1. The highest BCUT2D eigenvalue weighted by molar-refractivity contribution is 7.90. The van der Waals surface area contributed by atoms with E-state index in [-0.39, 0.29) is 28.4 Å². The summed E-state index contributed by atoms with van der Waals surface area (Å²) in [5.74, 6) is -0.418. The zero-order valence-corrected chi connectivity index (χ0v) is 19.3. The monoisotopic (exact) mass is 466 g/mol. The van der Waals surface area contributed by atoms with Crippen LogP contribution in [-0.4, -0.2) is 59.6 Å². The van der Waals surface area contributed by atoms with Crippen molar-refractivity contribution in [3.05, 3.63) is 59.2 Å². The van der Waals surface area contributed by atoms with E-state index in [0.29, 0.717) is 18.8 Å². The highest BCUT2D eigenvalue weighted by Crippen LogP contribution is 2.23. The van der Waals surface area contributed by atoms with Crippen LogP contribution in [0.2, 0.25) is 0 Å². The van der Waals surface area contributed by atoms with Gasteiger partial charge in [-0.05, 0) is 49.2 Å². The van der Waals surface area contributed by atoms with Gasteiger partial charge in [0.1, 0.15) is 0 Å². The second kappa shape index (κ2) is 9.07. The molecule has 2 aromatic rings. The number of ether oxygens (including phenoxy) is 1. The normalized spacial score (nSPS) is 16.6.